The van der Waals surface area contributed by atoms with Gasteiger partial charge in [0.05, 0.1) is 23.7 Å². The van der Waals surface area contributed by atoms with Gasteiger partial charge in [0.25, 0.3) is 5.91 Å². The number of H-pyrrole nitrogens is 1. The number of imidazole rings is 1. The Labute approximate surface area is 167 Å². The van der Waals surface area contributed by atoms with E-state index in [9.17, 15) is 4.79 Å². The highest BCUT2D eigenvalue weighted by Gasteiger charge is 2.15. The van der Waals surface area contributed by atoms with E-state index in [0.29, 0.717) is 22.0 Å². The van der Waals surface area contributed by atoms with Crippen LogP contribution in [-0.2, 0) is 0 Å². The number of ether oxygens (including phenoxy) is 1. The van der Waals surface area contributed by atoms with Crippen molar-refractivity contribution in [2.45, 2.75) is 6.92 Å². The largest absolute Gasteiger partial charge is 0.496 e. The molecular weight excluding hydrogens is 374 g/mol. The summed E-state index contributed by atoms with van der Waals surface area (Å²) in [7, 11) is 1.52. The highest BCUT2D eigenvalue weighted by atomic mass is 35.5. The Morgan fingerprint density at radius 2 is 1.93 bits per heavy atom. The third-order valence-electron chi connectivity index (χ3n) is 4.55. The molecule has 0 spiro atoms. The van der Waals surface area contributed by atoms with Gasteiger partial charge in [0.2, 0.25) is 0 Å². The van der Waals surface area contributed by atoms with Crippen molar-refractivity contribution in [1.29, 1.82) is 0 Å². The van der Waals surface area contributed by atoms with E-state index in [2.05, 4.69) is 15.3 Å². The Balaban J connectivity index is 1.68. The molecule has 0 fully saturated rings. The Bertz CT molecular complexity index is 1150. The SMILES string of the molecule is COc1ccc(Cl)cc1C(=O)Nc1cc(-c2nc3ccccc3[nH]2)ccc1C. The summed E-state index contributed by atoms with van der Waals surface area (Å²) in [6.45, 7) is 1.94. The van der Waals surface area contributed by atoms with Gasteiger partial charge in [-0.25, -0.2) is 4.98 Å². The number of carbonyl (C=O) groups is 1. The molecule has 1 aromatic heterocycles. The molecule has 4 aromatic rings. The van der Waals surface area contributed by atoms with Gasteiger partial charge < -0.3 is 15.0 Å². The number of anilines is 1. The molecule has 1 amide bonds. The number of fused-ring (bicyclic) bond motifs is 1. The van der Waals surface area contributed by atoms with Crippen molar-refractivity contribution in [2.75, 3.05) is 12.4 Å². The minimum Gasteiger partial charge on any atom is -0.496 e. The number of aromatic nitrogens is 2. The van der Waals surface area contributed by atoms with Crippen LogP contribution >= 0.6 is 11.6 Å². The van der Waals surface area contributed by atoms with Crippen molar-refractivity contribution < 1.29 is 9.53 Å². The summed E-state index contributed by atoms with van der Waals surface area (Å²) < 4.78 is 5.28. The Morgan fingerprint density at radius 1 is 1.11 bits per heavy atom. The third kappa shape index (κ3) is 3.44. The number of halogens is 1. The first kappa shape index (κ1) is 18.1. The zero-order valence-electron chi connectivity index (χ0n) is 15.4. The monoisotopic (exact) mass is 391 g/mol. The van der Waals surface area contributed by atoms with Crippen LogP contribution in [0.15, 0.2) is 60.7 Å². The smallest absolute Gasteiger partial charge is 0.259 e. The van der Waals surface area contributed by atoms with Gasteiger partial charge in [0.15, 0.2) is 0 Å². The molecule has 0 atom stereocenters. The molecule has 0 bridgehead atoms. The number of hydrogen-bond acceptors (Lipinski definition) is 3. The predicted molar refractivity (Wildman–Crippen MR) is 112 cm³/mol. The fourth-order valence-electron chi connectivity index (χ4n) is 3.04. The molecular formula is C22H18ClN3O2. The van der Waals surface area contributed by atoms with Crippen LogP contribution in [0.1, 0.15) is 15.9 Å². The lowest BCUT2D eigenvalue weighted by atomic mass is 10.1. The summed E-state index contributed by atoms with van der Waals surface area (Å²) in [5.41, 5.74) is 4.76. The summed E-state index contributed by atoms with van der Waals surface area (Å²) in [5, 5.41) is 3.42. The maximum Gasteiger partial charge on any atom is 0.259 e. The molecule has 140 valence electrons. The van der Waals surface area contributed by atoms with Crippen LogP contribution in [0, 0.1) is 6.92 Å². The minimum atomic E-state index is -0.288. The van der Waals surface area contributed by atoms with E-state index in [-0.39, 0.29) is 5.91 Å². The average molecular weight is 392 g/mol. The summed E-state index contributed by atoms with van der Waals surface area (Å²) in [5.74, 6) is 0.925. The number of rotatable bonds is 4. The number of carbonyl (C=O) groups excluding carboxylic acids is 1. The molecule has 0 saturated carbocycles. The number of aryl methyl sites for hydroxylation is 1. The number of methoxy groups -OCH3 is 1. The highest BCUT2D eigenvalue weighted by Crippen LogP contribution is 2.28. The molecule has 5 nitrogen and oxygen atoms in total. The quantitative estimate of drug-likeness (QED) is 0.486. The molecule has 0 saturated heterocycles. The van der Waals surface area contributed by atoms with Gasteiger partial charge in [-0.3, -0.25) is 4.79 Å². The van der Waals surface area contributed by atoms with Crippen molar-refractivity contribution in [2.24, 2.45) is 0 Å². The molecule has 0 radical (unpaired) electrons. The van der Waals surface area contributed by atoms with Crippen molar-refractivity contribution >= 4 is 34.2 Å². The summed E-state index contributed by atoms with van der Waals surface area (Å²) in [6, 6.07) is 18.6. The van der Waals surface area contributed by atoms with Crippen molar-refractivity contribution in [3.8, 4) is 17.1 Å². The Kier molecular flexibility index (Phi) is 4.75. The van der Waals surface area contributed by atoms with Gasteiger partial charge in [-0.15, -0.1) is 0 Å². The van der Waals surface area contributed by atoms with E-state index in [4.69, 9.17) is 16.3 Å². The van der Waals surface area contributed by atoms with Gasteiger partial charge in [-0.05, 0) is 48.9 Å². The normalized spacial score (nSPS) is 10.8. The zero-order chi connectivity index (χ0) is 19.7. The number of aromatic amines is 1. The molecule has 0 unspecified atom stereocenters. The van der Waals surface area contributed by atoms with Crippen LogP contribution in [0.5, 0.6) is 5.75 Å². The fraction of sp³-hybridized carbons (Fsp3) is 0.0909. The van der Waals surface area contributed by atoms with E-state index in [0.717, 1.165) is 28.0 Å². The van der Waals surface area contributed by atoms with Gasteiger partial charge in [-0.2, -0.15) is 0 Å². The standard InChI is InChI=1S/C22H18ClN3O2/c1-13-7-8-14(21-24-17-5-3-4-6-18(17)25-21)11-19(13)26-22(27)16-12-15(23)9-10-20(16)28-2/h3-12H,1-2H3,(H,24,25)(H,26,27). The number of amides is 1. The molecule has 6 heteroatoms. The molecule has 0 aliphatic carbocycles. The maximum absolute atomic E-state index is 12.8. The lowest BCUT2D eigenvalue weighted by Crippen LogP contribution is -2.14. The van der Waals surface area contributed by atoms with E-state index in [1.807, 2.05) is 49.4 Å². The number of hydrogen-bond donors (Lipinski definition) is 2. The first-order valence-corrected chi connectivity index (χ1v) is 9.13. The van der Waals surface area contributed by atoms with Crippen molar-refractivity contribution in [3.63, 3.8) is 0 Å². The number of benzene rings is 3. The highest BCUT2D eigenvalue weighted by molar-refractivity contribution is 6.31. The van der Waals surface area contributed by atoms with Crippen molar-refractivity contribution in [3.05, 3.63) is 76.8 Å². The zero-order valence-corrected chi connectivity index (χ0v) is 16.2. The second-order valence-electron chi connectivity index (χ2n) is 6.43. The second-order valence-corrected chi connectivity index (χ2v) is 6.87. The molecule has 0 aliphatic rings. The molecule has 1 heterocycles. The van der Waals surface area contributed by atoms with E-state index in [1.54, 1.807) is 18.2 Å². The van der Waals surface area contributed by atoms with Crippen molar-refractivity contribution in [1.82, 2.24) is 9.97 Å². The van der Waals surface area contributed by atoms with Gasteiger partial charge in [0.1, 0.15) is 11.6 Å². The van der Waals surface area contributed by atoms with Gasteiger partial charge >= 0.3 is 0 Å². The molecule has 28 heavy (non-hydrogen) atoms. The first-order valence-electron chi connectivity index (χ1n) is 8.76. The van der Waals surface area contributed by atoms with Crippen LogP contribution in [0.3, 0.4) is 0 Å². The second kappa shape index (κ2) is 7.37. The molecule has 4 rings (SSSR count). The third-order valence-corrected chi connectivity index (χ3v) is 4.79. The van der Waals surface area contributed by atoms with Crippen LogP contribution in [-0.4, -0.2) is 23.0 Å². The Morgan fingerprint density at radius 3 is 2.71 bits per heavy atom. The summed E-state index contributed by atoms with van der Waals surface area (Å²) >= 11 is 6.05. The van der Waals surface area contributed by atoms with Crippen LogP contribution < -0.4 is 10.1 Å². The lowest BCUT2D eigenvalue weighted by Gasteiger charge is -2.12. The first-order chi connectivity index (χ1) is 13.5. The molecule has 0 aliphatic heterocycles. The van der Waals surface area contributed by atoms with Gasteiger partial charge in [-0.1, -0.05) is 35.9 Å². The summed E-state index contributed by atoms with van der Waals surface area (Å²) in [4.78, 5) is 20.7. The molecule has 3 aromatic carbocycles. The van der Waals surface area contributed by atoms with E-state index < -0.39 is 0 Å². The van der Waals surface area contributed by atoms with Crippen LogP contribution in [0.4, 0.5) is 5.69 Å². The lowest BCUT2D eigenvalue weighted by molar-refractivity contribution is 0.102. The molecule has 2 N–H and O–H groups in total. The minimum absolute atomic E-state index is 0.288. The van der Waals surface area contributed by atoms with Crippen LogP contribution in [0.2, 0.25) is 5.02 Å². The predicted octanol–water partition coefficient (Wildman–Crippen LogP) is 5.45. The van der Waals surface area contributed by atoms with E-state index >= 15 is 0 Å². The summed E-state index contributed by atoms with van der Waals surface area (Å²) in [6.07, 6.45) is 0. The van der Waals surface area contributed by atoms with Gasteiger partial charge in [0, 0.05) is 16.3 Å². The maximum atomic E-state index is 12.8. The van der Waals surface area contributed by atoms with E-state index in [1.165, 1.54) is 7.11 Å². The Hall–Kier alpha value is -3.31. The number of nitrogens with one attached hydrogen (secondary N) is 2. The average Bonchev–Trinajstić information content (AvgIpc) is 3.13. The topological polar surface area (TPSA) is 67.0 Å². The number of nitrogens with zero attached hydrogens (tertiary/aromatic N) is 1. The van der Waals surface area contributed by atoms with Crippen LogP contribution in [0.25, 0.3) is 22.4 Å². The fourth-order valence-corrected chi connectivity index (χ4v) is 3.21. The number of para-hydroxylation sites is 2.